The number of nitrogens with zero attached hydrogens (tertiary/aromatic N) is 2. The van der Waals surface area contributed by atoms with E-state index in [0.717, 1.165) is 43.0 Å². The van der Waals surface area contributed by atoms with Crippen molar-refractivity contribution < 1.29 is 9.53 Å². The van der Waals surface area contributed by atoms with Gasteiger partial charge in [0.05, 0.1) is 22.3 Å². The lowest BCUT2D eigenvalue weighted by Gasteiger charge is -2.37. The Kier molecular flexibility index (Phi) is 7.50. The molecule has 0 aliphatic carbocycles. The van der Waals surface area contributed by atoms with Gasteiger partial charge in [-0.2, -0.15) is 12.6 Å². The lowest BCUT2D eigenvalue weighted by Crippen LogP contribution is -2.44. The van der Waals surface area contributed by atoms with E-state index in [4.69, 9.17) is 22.3 Å². The molecule has 30 heavy (non-hydrogen) atoms. The first-order valence-electron chi connectivity index (χ1n) is 10.5. The molecule has 3 rings (SSSR count). The van der Waals surface area contributed by atoms with E-state index in [2.05, 4.69) is 20.9 Å². The number of aromatic nitrogens is 2. The van der Waals surface area contributed by atoms with Gasteiger partial charge in [0.15, 0.2) is 0 Å². The van der Waals surface area contributed by atoms with E-state index >= 15 is 0 Å². The third-order valence-corrected chi connectivity index (χ3v) is 6.20. The highest BCUT2D eigenvalue weighted by Gasteiger charge is 2.35. The number of benzene rings is 1. The lowest BCUT2D eigenvalue weighted by atomic mass is 10.0. The summed E-state index contributed by atoms with van der Waals surface area (Å²) in [5, 5.41) is 0.208. The summed E-state index contributed by atoms with van der Waals surface area (Å²) in [6, 6.07) is 4.98. The van der Waals surface area contributed by atoms with Gasteiger partial charge in [-0.1, -0.05) is 48.0 Å². The molecule has 2 heterocycles. The molecule has 1 unspecified atom stereocenters. The van der Waals surface area contributed by atoms with Crippen molar-refractivity contribution in [3.8, 4) is 0 Å². The number of halogens is 1. The van der Waals surface area contributed by atoms with E-state index in [9.17, 15) is 9.59 Å². The second-order valence-corrected chi connectivity index (χ2v) is 10.4. The number of carbonyl (C=O) groups excluding carboxylic acids is 1. The number of thiol groups is 1. The second kappa shape index (κ2) is 9.73. The molecule has 1 N–H and O–H groups in total. The minimum atomic E-state index is -0.625. The van der Waals surface area contributed by atoms with E-state index in [1.807, 2.05) is 32.9 Å². The molecule has 1 aromatic heterocycles. The van der Waals surface area contributed by atoms with Gasteiger partial charge in [-0.05, 0) is 51.8 Å². The third-order valence-electron chi connectivity index (χ3n) is 5.20. The number of aromatic amines is 1. The van der Waals surface area contributed by atoms with Gasteiger partial charge in [-0.3, -0.25) is 9.69 Å². The summed E-state index contributed by atoms with van der Waals surface area (Å²) in [5.74, 6) is 0.482. The van der Waals surface area contributed by atoms with Crippen LogP contribution in [0.15, 0.2) is 27.5 Å². The average Bonchev–Trinajstić information content (AvgIpc) is 2.64. The Morgan fingerprint density at radius 3 is 2.57 bits per heavy atom. The number of hydrogen-bond donors (Lipinski definition) is 2. The van der Waals surface area contributed by atoms with Crippen LogP contribution in [0.3, 0.4) is 0 Å². The number of fused-ring (bicyclic) bond motifs is 1. The zero-order valence-electron chi connectivity index (χ0n) is 17.8. The number of carbonyl (C=O) groups is 1. The molecule has 2 atom stereocenters. The Balaban J connectivity index is 2.07. The monoisotopic (exact) mass is 495 g/mol. The standard InChI is InChI=1S/C22H30BrN3O3S/c1-22(2,3)29-21(28)26-17(9-7-5-4-6-8-10-18(26)30)19-24-16-13-14(23)11-12-15(16)20(27)25-19/h11-13,17-18,30H,4-10H2,1-3H3,(H,24,25,27)/t17?,18-/m1/s1. The van der Waals surface area contributed by atoms with Gasteiger partial charge in [-0.25, -0.2) is 9.78 Å². The van der Waals surface area contributed by atoms with E-state index < -0.39 is 17.7 Å². The van der Waals surface area contributed by atoms with Crippen molar-refractivity contribution in [3.63, 3.8) is 0 Å². The Hall–Kier alpha value is -1.54. The molecule has 8 heteroatoms. The minimum absolute atomic E-state index is 0.209. The summed E-state index contributed by atoms with van der Waals surface area (Å²) in [4.78, 5) is 35.3. The van der Waals surface area contributed by atoms with Crippen LogP contribution in [0.1, 0.15) is 77.6 Å². The van der Waals surface area contributed by atoms with Crippen LogP contribution >= 0.6 is 28.6 Å². The molecule has 0 spiro atoms. The van der Waals surface area contributed by atoms with Gasteiger partial charge in [-0.15, -0.1) is 0 Å². The molecule has 2 aromatic rings. The van der Waals surface area contributed by atoms with Gasteiger partial charge >= 0.3 is 6.09 Å². The first-order valence-corrected chi connectivity index (χ1v) is 11.9. The molecule has 1 aliphatic heterocycles. The average molecular weight is 496 g/mol. The molecule has 1 saturated heterocycles. The van der Waals surface area contributed by atoms with Crippen molar-refractivity contribution in [2.75, 3.05) is 0 Å². The second-order valence-electron chi connectivity index (χ2n) is 8.84. The Morgan fingerprint density at radius 1 is 1.20 bits per heavy atom. The highest BCUT2D eigenvalue weighted by Crippen LogP contribution is 2.33. The molecule has 1 aromatic carbocycles. The normalized spacial score (nSPS) is 21.4. The molecular weight excluding hydrogens is 466 g/mol. The molecule has 0 saturated carbocycles. The topological polar surface area (TPSA) is 75.3 Å². The summed E-state index contributed by atoms with van der Waals surface area (Å²) in [7, 11) is 0. The number of ether oxygens (including phenoxy) is 1. The van der Waals surface area contributed by atoms with Crippen LogP contribution in [0.4, 0.5) is 4.79 Å². The van der Waals surface area contributed by atoms with Crippen LogP contribution in [0, 0.1) is 0 Å². The number of hydrogen-bond acceptors (Lipinski definition) is 5. The van der Waals surface area contributed by atoms with E-state index in [0.29, 0.717) is 23.1 Å². The summed E-state index contributed by atoms with van der Waals surface area (Å²) >= 11 is 8.22. The van der Waals surface area contributed by atoms with Crippen LogP contribution in [0.25, 0.3) is 10.9 Å². The van der Waals surface area contributed by atoms with Crippen molar-refractivity contribution in [2.45, 2.75) is 82.7 Å². The zero-order chi connectivity index (χ0) is 21.9. The molecule has 1 fully saturated rings. The predicted molar refractivity (Wildman–Crippen MR) is 126 cm³/mol. The smallest absolute Gasteiger partial charge is 0.411 e. The Labute approximate surface area is 191 Å². The fourth-order valence-electron chi connectivity index (χ4n) is 3.80. The molecule has 6 nitrogen and oxygen atoms in total. The number of amides is 1. The summed E-state index contributed by atoms with van der Waals surface area (Å²) in [6.45, 7) is 5.55. The van der Waals surface area contributed by atoms with Crippen molar-refractivity contribution in [3.05, 3.63) is 38.9 Å². The van der Waals surface area contributed by atoms with Crippen LogP contribution in [-0.4, -0.2) is 31.9 Å². The van der Waals surface area contributed by atoms with Crippen molar-refractivity contribution in [2.24, 2.45) is 0 Å². The van der Waals surface area contributed by atoms with Gasteiger partial charge in [0.25, 0.3) is 5.56 Å². The van der Waals surface area contributed by atoms with E-state index in [1.165, 1.54) is 0 Å². The zero-order valence-corrected chi connectivity index (χ0v) is 20.3. The third kappa shape index (κ3) is 5.78. The van der Waals surface area contributed by atoms with Crippen LogP contribution in [0.2, 0.25) is 0 Å². The molecule has 1 aliphatic rings. The van der Waals surface area contributed by atoms with Crippen LogP contribution < -0.4 is 5.56 Å². The predicted octanol–water partition coefficient (Wildman–Crippen LogP) is 5.96. The van der Waals surface area contributed by atoms with Gasteiger partial charge in [0, 0.05) is 4.47 Å². The summed E-state index contributed by atoms with van der Waals surface area (Å²) in [6.07, 6.45) is 6.34. The lowest BCUT2D eigenvalue weighted by molar-refractivity contribution is 0.00970. The maximum atomic E-state index is 13.2. The molecule has 164 valence electrons. The largest absolute Gasteiger partial charge is 0.444 e. The van der Waals surface area contributed by atoms with E-state index in [1.54, 1.807) is 11.0 Å². The van der Waals surface area contributed by atoms with Gasteiger partial charge in [0.2, 0.25) is 0 Å². The Morgan fingerprint density at radius 2 is 1.87 bits per heavy atom. The fourth-order valence-corrected chi connectivity index (χ4v) is 4.59. The highest BCUT2D eigenvalue weighted by molar-refractivity contribution is 9.10. The molecule has 1 amide bonds. The maximum Gasteiger partial charge on any atom is 0.411 e. The minimum Gasteiger partial charge on any atom is -0.444 e. The van der Waals surface area contributed by atoms with Gasteiger partial charge < -0.3 is 9.72 Å². The highest BCUT2D eigenvalue weighted by atomic mass is 79.9. The van der Waals surface area contributed by atoms with Gasteiger partial charge in [0.1, 0.15) is 11.4 Å². The molecule has 0 bridgehead atoms. The first-order chi connectivity index (χ1) is 14.2. The number of nitrogens with one attached hydrogen (secondary N) is 1. The SMILES string of the molecule is CC(C)(C)OC(=O)N1C(c2nc3cc(Br)ccc3c(=O)[nH]2)CCCCCCC[C@H]1S. The van der Waals surface area contributed by atoms with Crippen molar-refractivity contribution in [1.82, 2.24) is 14.9 Å². The number of H-pyrrole nitrogens is 1. The van der Waals surface area contributed by atoms with Crippen LogP contribution in [-0.2, 0) is 4.74 Å². The van der Waals surface area contributed by atoms with Crippen LogP contribution in [0.5, 0.6) is 0 Å². The van der Waals surface area contributed by atoms with Crippen molar-refractivity contribution in [1.29, 1.82) is 0 Å². The first kappa shape index (κ1) is 23.1. The molecule has 0 radical (unpaired) electrons. The van der Waals surface area contributed by atoms with E-state index in [-0.39, 0.29) is 10.9 Å². The fraction of sp³-hybridized carbons (Fsp3) is 0.591. The summed E-state index contributed by atoms with van der Waals surface area (Å²) in [5.41, 5.74) is -0.237. The number of rotatable bonds is 1. The molecular formula is C22H30BrN3O3S. The maximum absolute atomic E-state index is 13.2. The summed E-state index contributed by atoms with van der Waals surface area (Å²) < 4.78 is 6.56. The Bertz CT molecular complexity index is 957. The van der Waals surface area contributed by atoms with Crippen molar-refractivity contribution >= 4 is 45.6 Å². The quantitative estimate of drug-likeness (QED) is 0.478.